The molecule has 11 nitrogen and oxygen atoms in total. The zero-order chi connectivity index (χ0) is 17.0. The van der Waals surface area contributed by atoms with Crippen LogP contribution in [0.1, 0.15) is 5.56 Å². The number of nitro groups is 3. The zero-order valence-corrected chi connectivity index (χ0v) is 11.3. The number of rotatable bonds is 6. The summed E-state index contributed by atoms with van der Waals surface area (Å²) < 4.78 is 5.17. The van der Waals surface area contributed by atoms with E-state index in [0.29, 0.717) is 17.7 Å². The highest BCUT2D eigenvalue weighted by Crippen LogP contribution is 2.40. The van der Waals surface area contributed by atoms with Gasteiger partial charge >= 0.3 is 11.4 Å². The molecule has 0 fully saturated rings. The molecule has 0 amide bonds. The van der Waals surface area contributed by atoms with Crippen LogP contribution in [0.2, 0.25) is 0 Å². The Morgan fingerprint density at radius 1 is 1.00 bits per heavy atom. The molecule has 0 bridgehead atoms. The van der Waals surface area contributed by atoms with Crippen LogP contribution in [0.3, 0.4) is 0 Å². The average molecular weight is 320 g/mol. The largest absolute Gasteiger partial charge is 0.477 e. The number of ether oxygens (including phenoxy) is 1. The van der Waals surface area contributed by atoms with Crippen molar-refractivity contribution in [1.82, 2.24) is 4.98 Å². The first-order valence-corrected chi connectivity index (χ1v) is 6.03. The maximum atomic E-state index is 11.1. The Kier molecular flexibility index (Phi) is 4.40. The molecular weight excluding hydrogens is 312 g/mol. The molecule has 2 aromatic rings. The van der Waals surface area contributed by atoms with Crippen molar-refractivity contribution in [3.63, 3.8) is 0 Å². The van der Waals surface area contributed by atoms with Gasteiger partial charge in [0.2, 0.25) is 0 Å². The highest BCUT2D eigenvalue weighted by molar-refractivity contribution is 5.65. The van der Waals surface area contributed by atoms with E-state index in [4.69, 9.17) is 4.74 Å². The van der Waals surface area contributed by atoms with Gasteiger partial charge in [0.1, 0.15) is 6.61 Å². The Morgan fingerprint density at radius 2 is 1.61 bits per heavy atom. The van der Waals surface area contributed by atoms with Crippen molar-refractivity contribution in [2.24, 2.45) is 0 Å². The van der Waals surface area contributed by atoms with Crippen molar-refractivity contribution in [2.75, 3.05) is 0 Å². The Labute approximate surface area is 127 Å². The topological polar surface area (TPSA) is 152 Å². The van der Waals surface area contributed by atoms with Gasteiger partial charge in [-0.3, -0.25) is 35.3 Å². The highest BCUT2D eigenvalue weighted by Gasteiger charge is 2.32. The Hall–Kier alpha value is -3.63. The smallest absolute Gasteiger partial charge is 0.325 e. The van der Waals surface area contributed by atoms with E-state index in [2.05, 4.69) is 4.98 Å². The summed E-state index contributed by atoms with van der Waals surface area (Å²) in [5, 5.41) is 32.9. The third-order valence-corrected chi connectivity index (χ3v) is 2.74. The summed E-state index contributed by atoms with van der Waals surface area (Å²) in [6.07, 6.45) is 2.92. The predicted molar refractivity (Wildman–Crippen MR) is 75.0 cm³/mol. The van der Waals surface area contributed by atoms with Gasteiger partial charge in [-0.1, -0.05) is 6.07 Å². The molecule has 0 saturated carbocycles. The van der Waals surface area contributed by atoms with Gasteiger partial charge in [-0.05, 0) is 6.07 Å². The molecule has 118 valence electrons. The fourth-order valence-corrected chi connectivity index (χ4v) is 1.75. The Balaban J connectivity index is 2.48. The maximum absolute atomic E-state index is 11.1. The Morgan fingerprint density at radius 3 is 2.04 bits per heavy atom. The fourth-order valence-electron chi connectivity index (χ4n) is 1.75. The van der Waals surface area contributed by atoms with E-state index in [9.17, 15) is 30.3 Å². The van der Waals surface area contributed by atoms with Gasteiger partial charge in [-0.15, -0.1) is 0 Å². The molecule has 0 aliphatic rings. The number of pyridine rings is 1. The molecule has 2 rings (SSSR count). The summed E-state index contributed by atoms with van der Waals surface area (Å²) in [5.74, 6) is -0.644. The molecule has 1 heterocycles. The lowest BCUT2D eigenvalue weighted by Gasteiger charge is -2.07. The average Bonchev–Trinajstić information content (AvgIpc) is 2.52. The number of nitrogens with zero attached hydrogens (tertiary/aromatic N) is 4. The third kappa shape index (κ3) is 3.53. The lowest BCUT2D eigenvalue weighted by molar-refractivity contribution is -0.404. The van der Waals surface area contributed by atoms with E-state index in [0.717, 1.165) is 0 Å². The number of aromatic nitrogens is 1. The van der Waals surface area contributed by atoms with Gasteiger partial charge in [-0.2, -0.15) is 0 Å². The minimum Gasteiger partial charge on any atom is -0.477 e. The number of hydrogen-bond donors (Lipinski definition) is 0. The number of hydrogen-bond acceptors (Lipinski definition) is 8. The second kappa shape index (κ2) is 6.43. The molecule has 1 aromatic carbocycles. The van der Waals surface area contributed by atoms with Crippen molar-refractivity contribution < 1.29 is 19.5 Å². The first-order chi connectivity index (χ1) is 10.9. The summed E-state index contributed by atoms with van der Waals surface area (Å²) in [7, 11) is 0. The van der Waals surface area contributed by atoms with Crippen LogP contribution in [-0.2, 0) is 6.61 Å². The minimum atomic E-state index is -0.974. The number of non-ortho nitro benzene ring substituents is 1. The van der Waals surface area contributed by atoms with Gasteiger partial charge in [0, 0.05) is 18.0 Å². The molecular formula is C12H8N4O7. The van der Waals surface area contributed by atoms with Crippen molar-refractivity contribution >= 4 is 17.1 Å². The summed E-state index contributed by atoms with van der Waals surface area (Å²) in [5.41, 5.74) is -1.95. The van der Waals surface area contributed by atoms with Crippen molar-refractivity contribution in [2.45, 2.75) is 6.61 Å². The first kappa shape index (κ1) is 15.8. The van der Waals surface area contributed by atoms with Crippen molar-refractivity contribution in [3.8, 4) is 5.75 Å². The summed E-state index contributed by atoms with van der Waals surface area (Å²) in [6.45, 7) is -0.215. The second-order valence-corrected chi connectivity index (χ2v) is 4.23. The molecule has 0 aliphatic carbocycles. The van der Waals surface area contributed by atoms with Crippen LogP contribution in [-0.4, -0.2) is 19.8 Å². The molecule has 0 radical (unpaired) electrons. The van der Waals surface area contributed by atoms with E-state index in [1.165, 1.54) is 12.4 Å². The minimum absolute atomic E-state index is 0.215. The van der Waals surface area contributed by atoms with Crippen molar-refractivity contribution in [1.29, 1.82) is 0 Å². The van der Waals surface area contributed by atoms with Crippen LogP contribution in [0.4, 0.5) is 17.1 Å². The van der Waals surface area contributed by atoms with E-state index in [1.54, 1.807) is 12.1 Å². The molecule has 0 spiro atoms. The van der Waals surface area contributed by atoms with E-state index in [1.807, 2.05) is 0 Å². The third-order valence-electron chi connectivity index (χ3n) is 2.74. The number of nitro benzene ring substituents is 3. The number of benzene rings is 1. The van der Waals surface area contributed by atoms with E-state index in [-0.39, 0.29) is 6.61 Å². The zero-order valence-electron chi connectivity index (χ0n) is 11.3. The molecule has 0 unspecified atom stereocenters. The molecule has 0 N–H and O–H groups in total. The predicted octanol–water partition coefficient (Wildman–Crippen LogP) is 2.39. The standard InChI is InChI=1S/C12H8N4O7/c17-14(18)9-4-10(15(19)20)12(11(5-9)16(21)22)23-7-8-2-1-3-13-6-8/h1-6H,7H2. The van der Waals surface area contributed by atoms with Gasteiger partial charge < -0.3 is 4.74 Å². The van der Waals surface area contributed by atoms with Crippen LogP contribution in [0.5, 0.6) is 5.75 Å². The quantitative estimate of drug-likeness (QED) is 0.581. The monoisotopic (exact) mass is 320 g/mol. The molecule has 0 atom stereocenters. The van der Waals surface area contributed by atoms with Gasteiger partial charge in [-0.25, -0.2) is 0 Å². The first-order valence-electron chi connectivity index (χ1n) is 6.03. The van der Waals surface area contributed by atoms with E-state index >= 15 is 0 Å². The summed E-state index contributed by atoms with van der Waals surface area (Å²) in [6, 6.07) is 4.44. The Bertz CT molecular complexity index is 743. The molecule has 23 heavy (non-hydrogen) atoms. The molecule has 1 aromatic heterocycles. The highest BCUT2D eigenvalue weighted by atomic mass is 16.6. The van der Waals surface area contributed by atoms with Gasteiger partial charge in [0.05, 0.1) is 26.9 Å². The van der Waals surface area contributed by atoms with Crippen LogP contribution in [0.25, 0.3) is 0 Å². The van der Waals surface area contributed by atoms with Gasteiger partial charge in [0.15, 0.2) is 0 Å². The SMILES string of the molecule is O=[N+]([O-])c1cc([N+](=O)[O-])c(OCc2cccnc2)c([N+](=O)[O-])c1. The molecule has 0 aliphatic heterocycles. The van der Waals surface area contributed by atoms with Crippen LogP contribution in [0.15, 0.2) is 36.7 Å². The lowest BCUT2D eigenvalue weighted by Crippen LogP contribution is -2.04. The summed E-state index contributed by atoms with van der Waals surface area (Å²) >= 11 is 0. The molecule has 0 saturated heterocycles. The normalized spacial score (nSPS) is 10.1. The van der Waals surface area contributed by atoms with Crippen LogP contribution >= 0.6 is 0 Å². The summed E-state index contributed by atoms with van der Waals surface area (Å²) in [4.78, 5) is 33.8. The van der Waals surface area contributed by atoms with Crippen molar-refractivity contribution in [3.05, 3.63) is 72.6 Å². The van der Waals surface area contributed by atoms with Crippen LogP contribution in [0, 0.1) is 30.3 Å². The van der Waals surface area contributed by atoms with E-state index < -0.39 is 37.6 Å². The fraction of sp³-hybridized carbons (Fsp3) is 0.0833. The molecule has 11 heteroatoms. The lowest BCUT2D eigenvalue weighted by atomic mass is 10.2. The second-order valence-electron chi connectivity index (χ2n) is 4.23. The van der Waals surface area contributed by atoms with Crippen LogP contribution < -0.4 is 4.74 Å². The maximum Gasteiger partial charge on any atom is 0.325 e. The van der Waals surface area contributed by atoms with Gasteiger partial charge in [0.25, 0.3) is 11.4 Å².